The molecule has 0 saturated carbocycles. The van der Waals surface area contributed by atoms with Crippen LogP contribution in [0.3, 0.4) is 0 Å². The largest absolute Gasteiger partial charge is 1.00 e. The van der Waals surface area contributed by atoms with E-state index in [2.05, 4.69) is 19.6 Å². The van der Waals surface area contributed by atoms with E-state index in [1.807, 2.05) is 0 Å². The van der Waals surface area contributed by atoms with Gasteiger partial charge in [0.1, 0.15) is 0 Å². The maximum Gasteiger partial charge on any atom is 1.00 e. The summed E-state index contributed by atoms with van der Waals surface area (Å²) in [6.07, 6.45) is 0. The van der Waals surface area contributed by atoms with Crippen LogP contribution in [0, 0.1) is 0 Å². The molecule has 0 atom stereocenters. The molecular formula is C3H11KOSi. The summed E-state index contributed by atoms with van der Waals surface area (Å²) in [7, 11) is 0.120. The van der Waals surface area contributed by atoms with Crippen LogP contribution in [0.2, 0.25) is 19.6 Å². The van der Waals surface area contributed by atoms with Gasteiger partial charge in [-0.1, -0.05) is 0 Å². The van der Waals surface area contributed by atoms with Gasteiger partial charge in [0.25, 0.3) is 0 Å². The van der Waals surface area contributed by atoms with Crippen LogP contribution < -0.4 is 51.4 Å². The van der Waals surface area contributed by atoms with Gasteiger partial charge in [0.15, 0.2) is 0 Å². The van der Waals surface area contributed by atoms with Crippen LogP contribution in [-0.4, -0.2) is 14.3 Å². The van der Waals surface area contributed by atoms with Crippen LogP contribution in [0.5, 0.6) is 0 Å². The third-order valence-corrected chi connectivity index (χ3v) is 0. The predicted molar refractivity (Wildman–Crippen MR) is 27.0 cm³/mol. The molecule has 0 radical (unpaired) electrons. The van der Waals surface area contributed by atoms with Gasteiger partial charge in [-0.15, -0.1) is 0 Å². The molecule has 0 spiro atoms. The van der Waals surface area contributed by atoms with Crippen LogP contribution in [0.4, 0.5) is 0 Å². The summed E-state index contributed by atoms with van der Waals surface area (Å²) in [6, 6.07) is 0. The van der Waals surface area contributed by atoms with Gasteiger partial charge in [-0.3, -0.25) is 8.80 Å². The standard InChI is InChI=1S/C3H9Si.K.H2O/c1-4(2)3;;/h1-3H3;;1H2/q-1;+1;. The van der Waals surface area contributed by atoms with Crippen molar-refractivity contribution in [1.29, 1.82) is 0 Å². The molecule has 0 amide bonds. The van der Waals surface area contributed by atoms with Gasteiger partial charge in [-0.05, 0) is 0 Å². The van der Waals surface area contributed by atoms with Crippen LogP contribution in [0.15, 0.2) is 0 Å². The Balaban J connectivity index is -0.0000000450. The van der Waals surface area contributed by atoms with Gasteiger partial charge in [-0.25, -0.2) is 0 Å². The Hall–Kier alpha value is 1.81. The molecule has 2 N–H and O–H groups in total. The van der Waals surface area contributed by atoms with Crippen molar-refractivity contribution >= 4 is 8.80 Å². The van der Waals surface area contributed by atoms with Crippen molar-refractivity contribution in [2.75, 3.05) is 0 Å². The van der Waals surface area contributed by atoms with E-state index in [1.165, 1.54) is 0 Å². The van der Waals surface area contributed by atoms with Gasteiger partial charge in [0.05, 0.1) is 0 Å². The van der Waals surface area contributed by atoms with E-state index in [-0.39, 0.29) is 65.7 Å². The summed E-state index contributed by atoms with van der Waals surface area (Å²) in [4.78, 5) is 0. The molecule has 0 aromatic heterocycles. The SMILES string of the molecule is C[Si-](C)C.O.[K+]. The molecule has 6 heavy (non-hydrogen) atoms. The van der Waals surface area contributed by atoms with Crippen molar-refractivity contribution < 1.29 is 56.9 Å². The first-order valence-corrected chi connectivity index (χ1v) is 4.50. The summed E-state index contributed by atoms with van der Waals surface area (Å²) >= 11 is 0. The minimum absolute atomic E-state index is 0. The molecule has 0 saturated heterocycles. The normalized spacial score (nSPS) is 6.00. The van der Waals surface area contributed by atoms with Gasteiger partial charge in [-0.2, -0.15) is 19.6 Å². The maximum atomic E-state index is 2.27. The van der Waals surface area contributed by atoms with Crippen molar-refractivity contribution in [3.05, 3.63) is 0 Å². The van der Waals surface area contributed by atoms with Gasteiger partial charge < -0.3 is 5.48 Å². The molecule has 0 rings (SSSR count). The Morgan fingerprint density at radius 2 is 1.00 bits per heavy atom. The van der Waals surface area contributed by atoms with E-state index < -0.39 is 0 Å². The average molecular weight is 130 g/mol. The van der Waals surface area contributed by atoms with Crippen molar-refractivity contribution in [1.82, 2.24) is 0 Å². The van der Waals surface area contributed by atoms with Crippen molar-refractivity contribution in [2.24, 2.45) is 0 Å². The van der Waals surface area contributed by atoms with E-state index >= 15 is 0 Å². The molecular weight excluding hydrogens is 119 g/mol. The van der Waals surface area contributed by atoms with E-state index in [1.54, 1.807) is 0 Å². The second-order valence-corrected chi connectivity index (χ2v) is 4.50. The van der Waals surface area contributed by atoms with E-state index in [0.29, 0.717) is 0 Å². The Bertz CT molecular complexity index is 15.5. The van der Waals surface area contributed by atoms with Crippen molar-refractivity contribution in [2.45, 2.75) is 19.6 Å². The molecule has 0 unspecified atom stereocenters. The first-order chi connectivity index (χ1) is 1.73. The molecule has 0 aliphatic heterocycles. The van der Waals surface area contributed by atoms with Crippen LogP contribution in [0.1, 0.15) is 0 Å². The van der Waals surface area contributed by atoms with Gasteiger partial charge >= 0.3 is 51.4 Å². The number of hydrogen-bond donors (Lipinski definition) is 0. The number of rotatable bonds is 0. The Morgan fingerprint density at radius 3 is 1.00 bits per heavy atom. The first kappa shape index (κ1) is 15.7. The van der Waals surface area contributed by atoms with Gasteiger partial charge in [0, 0.05) is 0 Å². The topological polar surface area (TPSA) is 31.5 Å². The minimum atomic E-state index is 0. The van der Waals surface area contributed by atoms with Crippen LogP contribution in [0.25, 0.3) is 0 Å². The Kier molecular flexibility index (Phi) is 25.9. The van der Waals surface area contributed by atoms with Crippen LogP contribution in [-0.2, 0) is 0 Å². The van der Waals surface area contributed by atoms with Crippen LogP contribution >= 0.6 is 0 Å². The molecule has 0 bridgehead atoms. The quantitative estimate of drug-likeness (QED) is 0.326. The fourth-order valence-corrected chi connectivity index (χ4v) is 0. The van der Waals surface area contributed by atoms with E-state index in [9.17, 15) is 0 Å². The molecule has 0 aromatic rings. The second kappa shape index (κ2) is 9.94. The molecule has 0 heterocycles. The molecule has 3 heteroatoms. The number of hydrogen-bond acceptors (Lipinski definition) is 0. The minimum Gasteiger partial charge on any atom is -0.412 e. The Labute approximate surface area is 83.9 Å². The van der Waals surface area contributed by atoms with E-state index in [0.717, 1.165) is 0 Å². The summed E-state index contributed by atoms with van der Waals surface area (Å²) in [5.74, 6) is 0. The second-order valence-electron chi connectivity index (χ2n) is 1.50. The average Bonchev–Trinajstić information content (AvgIpc) is 0.811. The zero-order chi connectivity index (χ0) is 3.58. The fourth-order valence-electron chi connectivity index (χ4n) is 0. The molecule has 0 aliphatic rings. The zero-order valence-corrected chi connectivity index (χ0v) is 9.12. The first-order valence-electron chi connectivity index (χ1n) is 1.50. The molecule has 0 aliphatic carbocycles. The smallest absolute Gasteiger partial charge is 0.412 e. The maximum absolute atomic E-state index is 2.27. The summed E-state index contributed by atoms with van der Waals surface area (Å²) in [5, 5.41) is 0. The summed E-state index contributed by atoms with van der Waals surface area (Å²) in [5.41, 5.74) is 0. The molecule has 34 valence electrons. The third-order valence-electron chi connectivity index (χ3n) is 0. The third kappa shape index (κ3) is 41.0. The van der Waals surface area contributed by atoms with Gasteiger partial charge in [0.2, 0.25) is 0 Å². The summed E-state index contributed by atoms with van der Waals surface area (Å²) < 4.78 is 0. The molecule has 0 fully saturated rings. The summed E-state index contributed by atoms with van der Waals surface area (Å²) in [6.45, 7) is 6.81. The van der Waals surface area contributed by atoms with Crippen molar-refractivity contribution in [3.63, 3.8) is 0 Å². The zero-order valence-electron chi connectivity index (χ0n) is 5.00. The monoisotopic (exact) mass is 130 g/mol. The van der Waals surface area contributed by atoms with E-state index in [4.69, 9.17) is 0 Å². The Morgan fingerprint density at radius 1 is 1.00 bits per heavy atom. The molecule has 0 aromatic carbocycles. The fraction of sp³-hybridized carbons (Fsp3) is 1.00. The van der Waals surface area contributed by atoms with Crippen molar-refractivity contribution in [3.8, 4) is 0 Å². The predicted octanol–water partition coefficient (Wildman–Crippen LogP) is -2.45. The molecule has 1 nitrogen and oxygen atoms in total.